The summed E-state index contributed by atoms with van der Waals surface area (Å²) in [6, 6.07) is 15.0. The van der Waals surface area contributed by atoms with Crippen molar-refractivity contribution in [3.8, 4) is 5.75 Å². The maximum absolute atomic E-state index is 13.3. The molecule has 3 aromatic rings. The minimum atomic E-state index is -0.257. The number of pyridine rings is 1. The summed E-state index contributed by atoms with van der Waals surface area (Å²) in [5.41, 5.74) is 5.80. The number of carbonyl (C=O) groups excluding carboxylic acids is 1. The Morgan fingerprint density at radius 2 is 1.96 bits per heavy atom. The number of nitrogens with zero attached hydrogens (tertiary/aromatic N) is 1. The molecule has 4 nitrogen and oxygen atoms in total. The Morgan fingerprint density at radius 1 is 1.11 bits per heavy atom. The van der Waals surface area contributed by atoms with Gasteiger partial charge < -0.3 is 10.4 Å². The van der Waals surface area contributed by atoms with Crippen LogP contribution in [0.25, 0.3) is 16.5 Å². The molecular formula is C24H22N2O2. The fraction of sp³-hybridized carbons (Fsp3) is 0.250. The Kier molecular flexibility index (Phi) is 3.60. The first kappa shape index (κ1) is 17.0. The maximum Gasteiger partial charge on any atom is 0.162 e. The van der Waals surface area contributed by atoms with Crippen LogP contribution in [0.1, 0.15) is 43.9 Å². The number of hydrogen-bond donors (Lipinski definition) is 2. The van der Waals surface area contributed by atoms with Gasteiger partial charge in [0.05, 0.1) is 11.6 Å². The zero-order valence-electron chi connectivity index (χ0n) is 16.0. The van der Waals surface area contributed by atoms with Crippen LogP contribution in [0.4, 0.5) is 5.69 Å². The molecule has 0 bridgehead atoms. The van der Waals surface area contributed by atoms with Gasteiger partial charge in [-0.25, -0.2) is 0 Å². The Morgan fingerprint density at radius 3 is 2.79 bits per heavy atom. The predicted octanol–water partition coefficient (Wildman–Crippen LogP) is 5.25. The molecule has 1 aromatic heterocycles. The minimum absolute atomic E-state index is 0.0850. The summed E-state index contributed by atoms with van der Waals surface area (Å²) in [7, 11) is 0. The molecule has 0 fully saturated rings. The lowest BCUT2D eigenvalue weighted by Gasteiger charge is -2.40. The van der Waals surface area contributed by atoms with Gasteiger partial charge in [0.1, 0.15) is 5.75 Å². The lowest BCUT2D eigenvalue weighted by molar-refractivity contribution is -0.118. The fourth-order valence-corrected chi connectivity index (χ4v) is 4.67. The Balaban J connectivity index is 1.81. The highest BCUT2D eigenvalue weighted by Gasteiger charge is 2.40. The molecule has 1 aliphatic carbocycles. The van der Waals surface area contributed by atoms with Crippen molar-refractivity contribution in [2.75, 3.05) is 5.32 Å². The zero-order valence-corrected chi connectivity index (χ0v) is 16.0. The lowest BCUT2D eigenvalue weighted by atomic mass is 9.68. The first-order valence-electron chi connectivity index (χ1n) is 9.63. The van der Waals surface area contributed by atoms with Crippen LogP contribution in [-0.4, -0.2) is 15.9 Å². The van der Waals surface area contributed by atoms with Crippen LogP contribution in [0.3, 0.4) is 0 Å². The molecule has 2 N–H and O–H groups in total. The van der Waals surface area contributed by atoms with E-state index in [9.17, 15) is 9.90 Å². The van der Waals surface area contributed by atoms with Gasteiger partial charge in [-0.1, -0.05) is 32.0 Å². The summed E-state index contributed by atoms with van der Waals surface area (Å²) in [6.45, 7) is 4.31. The number of benzene rings is 2. The zero-order chi connectivity index (χ0) is 19.5. The van der Waals surface area contributed by atoms with Crippen molar-refractivity contribution in [1.29, 1.82) is 0 Å². The van der Waals surface area contributed by atoms with E-state index in [1.54, 1.807) is 18.3 Å². The van der Waals surface area contributed by atoms with Crippen LogP contribution in [0.15, 0.2) is 60.3 Å². The largest absolute Gasteiger partial charge is 0.508 e. The average molecular weight is 370 g/mol. The van der Waals surface area contributed by atoms with Crippen molar-refractivity contribution in [3.05, 3.63) is 71.4 Å². The molecule has 1 unspecified atom stereocenters. The quantitative estimate of drug-likeness (QED) is 0.614. The van der Waals surface area contributed by atoms with Crippen LogP contribution < -0.4 is 5.32 Å². The second-order valence-electron chi connectivity index (χ2n) is 8.56. The number of rotatable bonds is 1. The highest BCUT2D eigenvalue weighted by atomic mass is 16.3. The second-order valence-corrected chi connectivity index (χ2v) is 8.56. The first-order valence-corrected chi connectivity index (χ1v) is 9.63. The Labute approximate surface area is 163 Å². The molecule has 0 amide bonds. The van der Waals surface area contributed by atoms with E-state index in [2.05, 4.69) is 36.3 Å². The molecular weight excluding hydrogens is 348 g/mol. The normalized spacial score (nSPS) is 20.5. The molecule has 1 atom stereocenters. The summed E-state index contributed by atoms with van der Waals surface area (Å²) in [5, 5.41) is 14.6. The molecule has 0 spiro atoms. The van der Waals surface area contributed by atoms with Gasteiger partial charge in [0.2, 0.25) is 0 Å². The second kappa shape index (κ2) is 5.93. The number of phenols is 1. The summed E-state index contributed by atoms with van der Waals surface area (Å²) in [6.07, 6.45) is 3.17. The van der Waals surface area contributed by atoms with E-state index in [0.717, 1.165) is 45.3 Å². The van der Waals surface area contributed by atoms with E-state index >= 15 is 0 Å². The topological polar surface area (TPSA) is 62.2 Å². The van der Waals surface area contributed by atoms with Crippen molar-refractivity contribution < 1.29 is 9.90 Å². The smallest absolute Gasteiger partial charge is 0.162 e. The molecule has 2 aliphatic rings. The van der Waals surface area contributed by atoms with E-state index in [1.165, 1.54) is 0 Å². The fourth-order valence-electron chi connectivity index (χ4n) is 4.67. The molecule has 0 radical (unpaired) electrons. The number of phenolic OH excluding ortho intramolecular Hbond substituents is 1. The monoisotopic (exact) mass is 370 g/mol. The predicted molar refractivity (Wildman–Crippen MR) is 111 cm³/mol. The van der Waals surface area contributed by atoms with Crippen molar-refractivity contribution in [3.63, 3.8) is 0 Å². The van der Waals surface area contributed by atoms with E-state index in [1.807, 2.05) is 24.3 Å². The van der Waals surface area contributed by atoms with Gasteiger partial charge in [0.25, 0.3) is 0 Å². The van der Waals surface area contributed by atoms with E-state index in [0.29, 0.717) is 6.42 Å². The maximum atomic E-state index is 13.3. The van der Waals surface area contributed by atoms with Gasteiger partial charge in [-0.3, -0.25) is 9.78 Å². The average Bonchev–Trinajstić information content (AvgIpc) is 2.66. The number of anilines is 1. The standard InChI is InChI=1S/C24H22N2O2/c1-24(2)12-17-21-16-7-4-10-25-18(16)8-9-19(21)26-23(22(17)20(28)13-24)14-5-3-6-15(27)11-14/h3-11,23,26-27H,12-13H2,1-2H3. The minimum Gasteiger partial charge on any atom is -0.508 e. The van der Waals surface area contributed by atoms with E-state index < -0.39 is 0 Å². The highest BCUT2D eigenvalue weighted by molar-refractivity contribution is 6.12. The molecule has 2 aromatic carbocycles. The van der Waals surface area contributed by atoms with Crippen molar-refractivity contribution >= 4 is 27.9 Å². The third kappa shape index (κ3) is 2.60. The Bertz CT molecular complexity index is 1160. The summed E-state index contributed by atoms with van der Waals surface area (Å²) < 4.78 is 0. The highest BCUT2D eigenvalue weighted by Crippen LogP contribution is 2.51. The van der Waals surface area contributed by atoms with Crippen molar-refractivity contribution in [1.82, 2.24) is 4.98 Å². The molecule has 2 heterocycles. The number of nitrogens with one attached hydrogen (secondary N) is 1. The molecule has 4 heteroatoms. The molecule has 140 valence electrons. The SMILES string of the molecule is CC1(C)CC(=O)C2=C(C1)c1c(ccc3ncccc13)NC2c1cccc(O)c1. The number of allylic oxidation sites excluding steroid dienone is 1. The van der Waals surface area contributed by atoms with E-state index in [4.69, 9.17) is 0 Å². The summed E-state index contributed by atoms with van der Waals surface area (Å²) in [4.78, 5) is 17.8. The Hall–Kier alpha value is -3.14. The molecule has 28 heavy (non-hydrogen) atoms. The van der Waals surface area contributed by atoms with Crippen LogP contribution in [0.2, 0.25) is 0 Å². The molecule has 0 saturated heterocycles. The van der Waals surface area contributed by atoms with Gasteiger partial charge in [-0.15, -0.1) is 0 Å². The summed E-state index contributed by atoms with van der Waals surface area (Å²) >= 11 is 0. The number of hydrogen-bond acceptors (Lipinski definition) is 4. The van der Waals surface area contributed by atoms with Gasteiger partial charge in [0, 0.05) is 34.8 Å². The van der Waals surface area contributed by atoms with Gasteiger partial charge in [-0.2, -0.15) is 0 Å². The first-order chi connectivity index (χ1) is 13.4. The van der Waals surface area contributed by atoms with Crippen molar-refractivity contribution in [2.45, 2.75) is 32.7 Å². The lowest BCUT2D eigenvalue weighted by Crippen LogP contribution is -2.33. The van der Waals surface area contributed by atoms with Crippen LogP contribution in [0, 0.1) is 5.41 Å². The van der Waals surface area contributed by atoms with Crippen LogP contribution >= 0.6 is 0 Å². The van der Waals surface area contributed by atoms with Gasteiger partial charge in [-0.05, 0) is 53.3 Å². The van der Waals surface area contributed by atoms with E-state index in [-0.39, 0.29) is 23.0 Å². The van der Waals surface area contributed by atoms with Crippen molar-refractivity contribution in [2.24, 2.45) is 5.41 Å². The number of ketones is 1. The molecule has 1 aliphatic heterocycles. The van der Waals surface area contributed by atoms with Gasteiger partial charge >= 0.3 is 0 Å². The van der Waals surface area contributed by atoms with Gasteiger partial charge in [0.15, 0.2) is 5.78 Å². The third-order valence-corrected chi connectivity index (χ3v) is 5.80. The number of Topliss-reactive ketones (excluding diaryl/α,β-unsaturated/α-hetero) is 1. The summed E-state index contributed by atoms with van der Waals surface area (Å²) in [5.74, 6) is 0.386. The van der Waals surface area contributed by atoms with Crippen LogP contribution in [-0.2, 0) is 4.79 Å². The molecule has 0 saturated carbocycles. The number of aromatic hydroxyl groups is 1. The molecule has 5 rings (SSSR count). The number of carbonyl (C=O) groups is 1. The van der Waals surface area contributed by atoms with Crippen LogP contribution in [0.5, 0.6) is 5.75 Å². The number of aromatic nitrogens is 1. The third-order valence-electron chi connectivity index (χ3n) is 5.80. The number of fused-ring (bicyclic) bond motifs is 4.